The zero-order chi connectivity index (χ0) is 14.0. The van der Waals surface area contributed by atoms with Crippen LogP contribution in [0, 0.1) is 6.92 Å². The molecule has 0 bridgehead atoms. The molecule has 1 heterocycles. The van der Waals surface area contributed by atoms with Crippen LogP contribution in [-0.4, -0.2) is 4.98 Å². The summed E-state index contributed by atoms with van der Waals surface area (Å²) in [6.07, 6.45) is -3.26. The van der Waals surface area contributed by atoms with Crippen LogP contribution in [0.1, 0.15) is 11.1 Å². The van der Waals surface area contributed by atoms with Gasteiger partial charge in [0.1, 0.15) is 11.3 Å². The summed E-state index contributed by atoms with van der Waals surface area (Å²) in [6, 6.07) is 6.76. The molecule has 1 aromatic carbocycles. The summed E-state index contributed by atoms with van der Waals surface area (Å²) in [4.78, 5) is 3.62. The van der Waals surface area contributed by atoms with Crippen LogP contribution in [0.3, 0.4) is 0 Å². The number of benzene rings is 1. The van der Waals surface area contributed by atoms with Gasteiger partial charge in [-0.15, -0.1) is 0 Å². The maximum atomic E-state index is 12.8. The summed E-state index contributed by atoms with van der Waals surface area (Å²) in [5, 5.41) is 0. The molecule has 0 saturated heterocycles. The SMILES string of the molecule is Cc1cc(Oc2ncccc2C(F)(F)F)ccc1N. The molecule has 2 N–H and O–H groups in total. The number of alkyl halides is 3. The molecule has 0 amide bonds. The number of nitrogens with zero attached hydrogens (tertiary/aromatic N) is 1. The van der Waals surface area contributed by atoms with Crippen molar-refractivity contribution in [3.8, 4) is 11.6 Å². The zero-order valence-electron chi connectivity index (χ0n) is 10.0. The van der Waals surface area contributed by atoms with Crippen molar-refractivity contribution in [1.29, 1.82) is 0 Å². The third-order valence-electron chi connectivity index (χ3n) is 2.53. The second kappa shape index (κ2) is 4.79. The molecule has 0 radical (unpaired) electrons. The van der Waals surface area contributed by atoms with Crippen molar-refractivity contribution in [2.45, 2.75) is 13.1 Å². The van der Waals surface area contributed by atoms with E-state index in [0.29, 0.717) is 5.69 Å². The van der Waals surface area contributed by atoms with Gasteiger partial charge in [-0.1, -0.05) is 0 Å². The summed E-state index contributed by atoms with van der Waals surface area (Å²) < 4.78 is 43.4. The average molecular weight is 268 g/mol. The topological polar surface area (TPSA) is 48.1 Å². The van der Waals surface area contributed by atoms with Crippen LogP contribution in [0.5, 0.6) is 11.6 Å². The standard InChI is InChI=1S/C13H11F3N2O/c1-8-7-9(4-5-11(8)17)19-12-10(13(14,15)16)3-2-6-18-12/h2-7H,17H2,1H3. The fourth-order valence-electron chi connectivity index (χ4n) is 1.51. The number of hydrogen-bond donors (Lipinski definition) is 1. The third-order valence-corrected chi connectivity index (χ3v) is 2.53. The molecular weight excluding hydrogens is 257 g/mol. The molecule has 0 unspecified atom stereocenters. The van der Waals surface area contributed by atoms with Gasteiger partial charge in [0.15, 0.2) is 0 Å². The van der Waals surface area contributed by atoms with E-state index >= 15 is 0 Å². The molecule has 0 aliphatic carbocycles. The van der Waals surface area contributed by atoms with E-state index < -0.39 is 17.6 Å². The first-order chi connectivity index (χ1) is 8.88. The van der Waals surface area contributed by atoms with Gasteiger partial charge < -0.3 is 10.5 Å². The first-order valence-corrected chi connectivity index (χ1v) is 5.44. The van der Waals surface area contributed by atoms with Crippen LogP contribution in [0.15, 0.2) is 36.5 Å². The van der Waals surface area contributed by atoms with E-state index in [1.54, 1.807) is 19.1 Å². The Morgan fingerprint density at radius 3 is 2.58 bits per heavy atom. The van der Waals surface area contributed by atoms with E-state index in [1.807, 2.05) is 0 Å². The predicted octanol–water partition coefficient (Wildman–Crippen LogP) is 3.78. The van der Waals surface area contributed by atoms with Crippen LogP contribution >= 0.6 is 0 Å². The van der Waals surface area contributed by atoms with Crippen LogP contribution < -0.4 is 10.5 Å². The number of hydrogen-bond acceptors (Lipinski definition) is 3. The molecular formula is C13H11F3N2O. The number of halogens is 3. The number of aromatic nitrogens is 1. The molecule has 19 heavy (non-hydrogen) atoms. The van der Waals surface area contributed by atoms with Crippen LogP contribution in [0.4, 0.5) is 18.9 Å². The molecule has 1 aromatic heterocycles. The molecule has 2 aromatic rings. The summed E-state index contributed by atoms with van der Waals surface area (Å²) >= 11 is 0. The highest BCUT2D eigenvalue weighted by atomic mass is 19.4. The second-order valence-electron chi connectivity index (χ2n) is 3.97. The van der Waals surface area contributed by atoms with E-state index in [4.69, 9.17) is 10.5 Å². The maximum absolute atomic E-state index is 12.8. The first-order valence-electron chi connectivity index (χ1n) is 5.44. The lowest BCUT2D eigenvalue weighted by Crippen LogP contribution is -2.08. The fourth-order valence-corrected chi connectivity index (χ4v) is 1.51. The van der Waals surface area contributed by atoms with Gasteiger partial charge in [0.2, 0.25) is 5.88 Å². The third kappa shape index (κ3) is 2.96. The van der Waals surface area contributed by atoms with Crippen LogP contribution in [-0.2, 0) is 6.18 Å². The van der Waals surface area contributed by atoms with Crippen molar-refractivity contribution >= 4 is 5.69 Å². The Hall–Kier alpha value is -2.24. The highest BCUT2D eigenvalue weighted by molar-refractivity contribution is 5.50. The van der Waals surface area contributed by atoms with Gasteiger partial charge in [-0.25, -0.2) is 4.98 Å². The van der Waals surface area contributed by atoms with Gasteiger partial charge in [0.25, 0.3) is 0 Å². The molecule has 0 atom stereocenters. The number of nitrogen functional groups attached to an aromatic ring is 1. The Kier molecular flexibility index (Phi) is 3.33. The summed E-state index contributed by atoms with van der Waals surface area (Å²) in [7, 11) is 0. The van der Waals surface area contributed by atoms with Crippen LogP contribution in [0.25, 0.3) is 0 Å². The predicted molar refractivity (Wildman–Crippen MR) is 64.9 cm³/mol. The van der Waals surface area contributed by atoms with E-state index in [1.165, 1.54) is 18.3 Å². The van der Waals surface area contributed by atoms with Gasteiger partial charge in [-0.2, -0.15) is 13.2 Å². The molecule has 0 spiro atoms. The zero-order valence-corrected chi connectivity index (χ0v) is 10.0. The van der Waals surface area contributed by atoms with Gasteiger partial charge in [0.05, 0.1) is 0 Å². The highest BCUT2D eigenvalue weighted by Crippen LogP contribution is 2.36. The van der Waals surface area contributed by atoms with E-state index in [-0.39, 0.29) is 5.75 Å². The minimum Gasteiger partial charge on any atom is -0.438 e. The number of nitrogens with two attached hydrogens (primary N) is 1. The number of anilines is 1. The van der Waals surface area contributed by atoms with Gasteiger partial charge in [0, 0.05) is 11.9 Å². The Morgan fingerprint density at radius 1 is 1.21 bits per heavy atom. The summed E-state index contributed by atoms with van der Waals surface area (Å²) in [5.74, 6) is -0.213. The minimum atomic E-state index is -4.51. The lowest BCUT2D eigenvalue weighted by atomic mass is 10.2. The lowest BCUT2D eigenvalue weighted by Gasteiger charge is -2.12. The fraction of sp³-hybridized carbons (Fsp3) is 0.154. The molecule has 3 nitrogen and oxygen atoms in total. The van der Waals surface area contributed by atoms with Gasteiger partial charge in [-0.05, 0) is 42.8 Å². The van der Waals surface area contributed by atoms with E-state index in [9.17, 15) is 13.2 Å². The van der Waals surface area contributed by atoms with Crippen molar-refractivity contribution in [2.75, 3.05) is 5.73 Å². The maximum Gasteiger partial charge on any atom is 0.421 e. The van der Waals surface area contributed by atoms with Crippen molar-refractivity contribution in [1.82, 2.24) is 4.98 Å². The normalized spacial score (nSPS) is 11.4. The summed E-state index contributed by atoms with van der Waals surface area (Å²) in [6.45, 7) is 1.74. The van der Waals surface area contributed by atoms with Crippen LogP contribution in [0.2, 0.25) is 0 Å². The number of pyridine rings is 1. The monoisotopic (exact) mass is 268 g/mol. The Labute approximate surface area is 107 Å². The number of rotatable bonds is 2. The Balaban J connectivity index is 2.36. The molecule has 0 saturated carbocycles. The molecule has 2 rings (SSSR count). The smallest absolute Gasteiger partial charge is 0.421 e. The molecule has 6 heteroatoms. The molecule has 100 valence electrons. The average Bonchev–Trinajstić information content (AvgIpc) is 2.33. The quantitative estimate of drug-likeness (QED) is 0.843. The van der Waals surface area contributed by atoms with E-state index in [0.717, 1.165) is 11.6 Å². The van der Waals surface area contributed by atoms with Crippen molar-refractivity contribution < 1.29 is 17.9 Å². The number of aryl methyl sites for hydroxylation is 1. The second-order valence-corrected chi connectivity index (χ2v) is 3.97. The van der Waals surface area contributed by atoms with Crippen molar-refractivity contribution in [2.24, 2.45) is 0 Å². The van der Waals surface area contributed by atoms with Gasteiger partial charge >= 0.3 is 6.18 Å². The number of ether oxygens (including phenoxy) is 1. The van der Waals surface area contributed by atoms with E-state index in [2.05, 4.69) is 4.98 Å². The Bertz CT molecular complexity index is 597. The first kappa shape index (κ1) is 13.2. The van der Waals surface area contributed by atoms with Crippen molar-refractivity contribution in [3.05, 3.63) is 47.7 Å². The molecule has 0 aliphatic heterocycles. The Morgan fingerprint density at radius 2 is 1.95 bits per heavy atom. The van der Waals surface area contributed by atoms with Gasteiger partial charge in [-0.3, -0.25) is 0 Å². The highest BCUT2D eigenvalue weighted by Gasteiger charge is 2.35. The largest absolute Gasteiger partial charge is 0.438 e. The summed E-state index contributed by atoms with van der Waals surface area (Å²) in [5.41, 5.74) is 5.99. The molecule has 0 aliphatic rings. The lowest BCUT2D eigenvalue weighted by molar-refractivity contribution is -0.138. The molecule has 0 fully saturated rings. The van der Waals surface area contributed by atoms with Crippen molar-refractivity contribution in [3.63, 3.8) is 0 Å². The minimum absolute atomic E-state index is 0.260.